The lowest BCUT2D eigenvalue weighted by atomic mass is 9.89. The van der Waals surface area contributed by atoms with Crippen molar-refractivity contribution in [2.75, 3.05) is 30.3 Å². The number of hydrogen-bond donors (Lipinski definition) is 1. The summed E-state index contributed by atoms with van der Waals surface area (Å²) in [6.45, 7) is 7.08. The van der Waals surface area contributed by atoms with Crippen LogP contribution in [0.1, 0.15) is 72.6 Å². The lowest BCUT2D eigenvalue weighted by molar-refractivity contribution is -0.0404. The zero-order chi connectivity index (χ0) is 22.0. The number of hydrogen-bond acceptors (Lipinski definition) is 6. The fraction of sp³-hybridized carbons (Fsp3) is 0.600. The molecular formula is C25H32N4O3. The molecule has 7 heteroatoms. The largest absolute Gasteiger partial charge is 0.472 e. The minimum atomic E-state index is -0.215. The summed E-state index contributed by atoms with van der Waals surface area (Å²) in [6, 6.07) is 1.94. The van der Waals surface area contributed by atoms with Crippen molar-refractivity contribution >= 4 is 17.4 Å². The van der Waals surface area contributed by atoms with E-state index in [-0.39, 0.29) is 17.6 Å². The summed E-state index contributed by atoms with van der Waals surface area (Å²) < 4.78 is 11.3. The van der Waals surface area contributed by atoms with E-state index in [2.05, 4.69) is 18.7 Å². The van der Waals surface area contributed by atoms with Crippen LogP contribution in [-0.4, -0.2) is 47.1 Å². The average Bonchev–Trinajstić information content (AvgIpc) is 3.72. The van der Waals surface area contributed by atoms with E-state index in [1.165, 1.54) is 42.5 Å². The van der Waals surface area contributed by atoms with E-state index in [0.717, 1.165) is 31.0 Å². The summed E-state index contributed by atoms with van der Waals surface area (Å²) in [6.07, 6.45) is 8.69. The van der Waals surface area contributed by atoms with Gasteiger partial charge in [0, 0.05) is 37.5 Å². The van der Waals surface area contributed by atoms with Crippen LogP contribution in [0.15, 0.2) is 23.0 Å². The SMILES string of the molecule is CC1(C)Cc2c(N)c(N3CCN(C(=O)c4ccoc4)C(C4CC4)C3)nc(C3CC3)c2CO1. The quantitative estimate of drug-likeness (QED) is 0.786. The van der Waals surface area contributed by atoms with E-state index in [1.807, 2.05) is 4.90 Å². The van der Waals surface area contributed by atoms with Crippen molar-refractivity contribution in [1.82, 2.24) is 9.88 Å². The Hall–Kier alpha value is -2.54. The minimum Gasteiger partial charge on any atom is -0.472 e. The second kappa shape index (κ2) is 7.24. The molecule has 2 aliphatic heterocycles. The molecule has 0 bridgehead atoms. The van der Waals surface area contributed by atoms with Crippen molar-refractivity contribution < 1.29 is 13.9 Å². The number of anilines is 2. The Morgan fingerprint density at radius 2 is 2.00 bits per heavy atom. The number of furan rings is 1. The van der Waals surface area contributed by atoms with Gasteiger partial charge in [-0.15, -0.1) is 0 Å². The maximum Gasteiger partial charge on any atom is 0.257 e. The molecule has 2 aromatic heterocycles. The van der Waals surface area contributed by atoms with E-state index in [0.29, 0.717) is 30.6 Å². The third kappa shape index (κ3) is 3.47. The van der Waals surface area contributed by atoms with Crippen LogP contribution in [0.3, 0.4) is 0 Å². The first kappa shape index (κ1) is 20.1. The van der Waals surface area contributed by atoms with Gasteiger partial charge in [-0.3, -0.25) is 4.79 Å². The number of pyridine rings is 1. The Balaban J connectivity index is 1.33. The van der Waals surface area contributed by atoms with Crippen molar-refractivity contribution in [2.24, 2.45) is 5.92 Å². The Morgan fingerprint density at radius 1 is 1.19 bits per heavy atom. The Labute approximate surface area is 188 Å². The molecular weight excluding hydrogens is 404 g/mol. The summed E-state index contributed by atoms with van der Waals surface area (Å²) in [5, 5.41) is 0. The van der Waals surface area contributed by atoms with Gasteiger partial charge >= 0.3 is 0 Å². The number of aromatic nitrogens is 1. The van der Waals surface area contributed by atoms with Gasteiger partial charge in [-0.25, -0.2) is 4.98 Å². The van der Waals surface area contributed by atoms with Crippen LogP contribution in [0.2, 0.25) is 0 Å². The minimum absolute atomic E-state index is 0.0687. The summed E-state index contributed by atoms with van der Waals surface area (Å²) in [4.78, 5) is 22.7. The van der Waals surface area contributed by atoms with Crippen LogP contribution in [-0.2, 0) is 17.8 Å². The third-order valence-electron chi connectivity index (χ3n) is 7.55. The van der Waals surface area contributed by atoms with E-state index < -0.39 is 0 Å². The van der Waals surface area contributed by atoms with Gasteiger partial charge in [0.15, 0.2) is 5.82 Å². The number of nitrogen functional groups attached to an aromatic ring is 1. The highest BCUT2D eigenvalue weighted by molar-refractivity contribution is 5.94. The van der Waals surface area contributed by atoms with Gasteiger partial charge in [-0.05, 0) is 57.1 Å². The first-order valence-electron chi connectivity index (χ1n) is 11.9. The number of rotatable bonds is 4. The van der Waals surface area contributed by atoms with Crippen LogP contribution in [0.4, 0.5) is 11.5 Å². The molecule has 170 valence electrons. The molecule has 6 rings (SSSR count). The third-order valence-corrected chi connectivity index (χ3v) is 7.55. The van der Waals surface area contributed by atoms with E-state index >= 15 is 0 Å². The molecule has 3 fully saturated rings. The van der Waals surface area contributed by atoms with Crippen LogP contribution in [0.5, 0.6) is 0 Å². The first-order chi connectivity index (χ1) is 15.4. The number of ether oxygens (including phenoxy) is 1. The standard InChI is InChI=1S/C25H32N4O3/c1-25(2)11-18-19(14-32-25)22(16-5-6-16)27-23(21(18)26)28-8-9-29(20(12-28)15-3-4-15)24(30)17-7-10-31-13-17/h7,10,13,15-16,20H,3-6,8-9,11-12,14,26H2,1-2H3. The van der Waals surface area contributed by atoms with Crippen molar-refractivity contribution in [1.29, 1.82) is 0 Å². The fourth-order valence-corrected chi connectivity index (χ4v) is 5.43. The molecule has 0 aromatic carbocycles. The van der Waals surface area contributed by atoms with Gasteiger partial charge in [0.1, 0.15) is 6.26 Å². The number of nitrogens with two attached hydrogens (primary N) is 1. The second-order valence-electron chi connectivity index (χ2n) is 10.6. The molecule has 1 atom stereocenters. The maximum atomic E-state index is 13.1. The summed E-state index contributed by atoms with van der Waals surface area (Å²) in [5.41, 5.74) is 11.7. The van der Waals surface area contributed by atoms with Gasteiger partial charge < -0.3 is 24.7 Å². The molecule has 0 spiro atoms. The molecule has 2 aliphatic carbocycles. The lowest BCUT2D eigenvalue weighted by Crippen LogP contribution is -2.56. The van der Waals surface area contributed by atoms with Gasteiger partial charge in [0.25, 0.3) is 5.91 Å². The smallest absolute Gasteiger partial charge is 0.257 e. The second-order valence-corrected chi connectivity index (χ2v) is 10.6. The summed E-state index contributed by atoms with van der Waals surface area (Å²) in [5.74, 6) is 2.09. The fourth-order valence-electron chi connectivity index (χ4n) is 5.43. The van der Waals surface area contributed by atoms with Crippen LogP contribution in [0.25, 0.3) is 0 Å². The molecule has 1 amide bonds. The highest BCUT2D eigenvalue weighted by atomic mass is 16.5. The zero-order valence-electron chi connectivity index (χ0n) is 19.0. The molecule has 0 radical (unpaired) electrons. The molecule has 1 unspecified atom stereocenters. The first-order valence-corrected chi connectivity index (χ1v) is 11.9. The van der Waals surface area contributed by atoms with Crippen LogP contribution < -0.4 is 10.6 Å². The number of piperazine rings is 1. The van der Waals surface area contributed by atoms with E-state index in [1.54, 1.807) is 18.6 Å². The topological polar surface area (TPSA) is 84.8 Å². The molecule has 4 aliphatic rings. The number of nitrogens with zero attached hydrogens (tertiary/aromatic N) is 3. The summed E-state index contributed by atoms with van der Waals surface area (Å²) >= 11 is 0. The van der Waals surface area contributed by atoms with Crippen molar-refractivity contribution in [2.45, 2.75) is 70.1 Å². The normalized spacial score (nSPS) is 25.0. The number of amides is 1. The molecule has 2 N–H and O–H groups in total. The van der Waals surface area contributed by atoms with Crippen LogP contribution in [0, 0.1) is 5.92 Å². The predicted molar refractivity (Wildman–Crippen MR) is 122 cm³/mol. The summed E-state index contributed by atoms with van der Waals surface area (Å²) in [7, 11) is 0. The predicted octanol–water partition coefficient (Wildman–Crippen LogP) is 3.73. The zero-order valence-corrected chi connectivity index (χ0v) is 19.0. The molecule has 32 heavy (non-hydrogen) atoms. The lowest BCUT2D eigenvalue weighted by Gasteiger charge is -2.43. The molecule has 2 saturated carbocycles. The Kier molecular flexibility index (Phi) is 4.54. The molecule has 4 heterocycles. The number of carbonyl (C=O) groups excluding carboxylic acids is 1. The van der Waals surface area contributed by atoms with E-state index in [4.69, 9.17) is 19.9 Å². The van der Waals surface area contributed by atoms with Gasteiger partial charge in [-0.1, -0.05) is 0 Å². The van der Waals surface area contributed by atoms with Crippen molar-refractivity contribution in [3.05, 3.63) is 41.0 Å². The number of carbonyl (C=O) groups is 1. The highest BCUT2D eigenvalue weighted by Crippen LogP contribution is 2.47. The maximum absolute atomic E-state index is 13.1. The highest BCUT2D eigenvalue weighted by Gasteiger charge is 2.43. The molecule has 1 saturated heterocycles. The van der Waals surface area contributed by atoms with Gasteiger partial charge in [0.2, 0.25) is 0 Å². The van der Waals surface area contributed by atoms with Crippen molar-refractivity contribution in [3.8, 4) is 0 Å². The molecule has 2 aromatic rings. The van der Waals surface area contributed by atoms with E-state index in [9.17, 15) is 4.79 Å². The van der Waals surface area contributed by atoms with Gasteiger partial charge in [-0.2, -0.15) is 0 Å². The van der Waals surface area contributed by atoms with Crippen LogP contribution >= 0.6 is 0 Å². The average molecular weight is 437 g/mol. The Bertz CT molecular complexity index is 1040. The monoisotopic (exact) mass is 436 g/mol. The Morgan fingerprint density at radius 3 is 2.69 bits per heavy atom. The number of fused-ring (bicyclic) bond motifs is 1. The molecule has 7 nitrogen and oxygen atoms in total. The van der Waals surface area contributed by atoms with Crippen molar-refractivity contribution in [3.63, 3.8) is 0 Å². The van der Waals surface area contributed by atoms with Gasteiger partial charge in [0.05, 0.1) is 41.5 Å².